The molecule has 1 saturated heterocycles. The summed E-state index contributed by atoms with van der Waals surface area (Å²) in [6, 6.07) is 4.08. The average Bonchev–Trinajstić information content (AvgIpc) is 3.26. The first kappa shape index (κ1) is 18.0. The molecule has 6 nitrogen and oxygen atoms in total. The van der Waals surface area contributed by atoms with Gasteiger partial charge in [0.05, 0.1) is 5.56 Å². The van der Waals surface area contributed by atoms with E-state index >= 15 is 0 Å². The molecule has 0 aromatic carbocycles. The lowest BCUT2D eigenvalue weighted by Crippen LogP contribution is -2.33. The molecule has 2 aliphatic rings. The second-order valence-corrected chi connectivity index (χ2v) is 7.29. The Hall–Kier alpha value is -1.79. The van der Waals surface area contributed by atoms with Crippen LogP contribution in [-0.4, -0.2) is 39.7 Å². The number of carbonyl (C=O) groups is 1. The van der Waals surface area contributed by atoms with Crippen molar-refractivity contribution in [3.63, 3.8) is 0 Å². The fourth-order valence-electron chi connectivity index (χ4n) is 4.43. The molecule has 3 unspecified atom stereocenters. The average molecular weight is 365 g/mol. The first-order valence-corrected chi connectivity index (χ1v) is 8.63. The Morgan fingerprint density at radius 1 is 1.24 bits per heavy atom. The predicted molar refractivity (Wildman–Crippen MR) is 97.4 cm³/mol. The Balaban J connectivity index is 0.00000182. The highest BCUT2D eigenvalue weighted by molar-refractivity contribution is 5.96. The van der Waals surface area contributed by atoms with Crippen molar-refractivity contribution in [3.05, 3.63) is 34.8 Å². The summed E-state index contributed by atoms with van der Waals surface area (Å²) in [6.45, 7) is 7.44. The topological polar surface area (TPSA) is 77.3 Å². The SMILES string of the molecule is Cc1cc(-n2c(C)cc(C(=O)N3CC4CCC(N)C4C3)c2C)no1.Cl. The predicted octanol–water partition coefficient (Wildman–Crippen LogP) is 2.62. The number of hydrogen-bond donors (Lipinski definition) is 1. The Morgan fingerprint density at radius 2 is 2.00 bits per heavy atom. The second-order valence-electron chi connectivity index (χ2n) is 7.29. The minimum Gasteiger partial charge on any atom is -0.360 e. The highest BCUT2D eigenvalue weighted by Crippen LogP contribution is 2.38. The second kappa shape index (κ2) is 6.50. The molecule has 0 spiro atoms. The Labute approximate surface area is 153 Å². The van der Waals surface area contributed by atoms with Crippen LogP contribution < -0.4 is 5.73 Å². The van der Waals surface area contributed by atoms with Crippen molar-refractivity contribution in [1.29, 1.82) is 0 Å². The zero-order chi connectivity index (χ0) is 17.0. The lowest BCUT2D eigenvalue weighted by atomic mass is 9.98. The normalized spacial score (nSPS) is 25.1. The number of rotatable bonds is 2. The van der Waals surface area contributed by atoms with Gasteiger partial charge in [0.1, 0.15) is 5.76 Å². The number of halogens is 1. The van der Waals surface area contributed by atoms with E-state index in [1.54, 1.807) is 0 Å². The molecule has 2 N–H and O–H groups in total. The van der Waals surface area contributed by atoms with E-state index in [1.807, 2.05) is 42.4 Å². The molecule has 3 heterocycles. The van der Waals surface area contributed by atoms with Gasteiger partial charge in [0.15, 0.2) is 5.82 Å². The van der Waals surface area contributed by atoms with E-state index in [-0.39, 0.29) is 24.4 Å². The van der Waals surface area contributed by atoms with Crippen LogP contribution in [0.25, 0.3) is 5.82 Å². The number of likely N-dealkylation sites (tertiary alicyclic amines) is 1. The summed E-state index contributed by atoms with van der Waals surface area (Å²) >= 11 is 0. The summed E-state index contributed by atoms with van der Waals surface area (Å²) in [7, 11) is 0. The zero-order valence-electron chi connectivity index (χ0n) is 14.9. The van der Waals surface area contributed by atoms with E-state index in [2.05, 4.69) is 5.16 Å². The van der Waals surface area contributed by atoms with Gasteiger partial charge in [-0.2, -0.15) is 0 Å². The first-order valence-electron chi connectivity index (χ1n) is 8.63. The fraction of sp³-hybridized carbons (Fsp3) is 0.556. The van der Waals surface area contributed by atoms with Crippen molar-refractivity contribution >= 4 is 18.3 Å². The molecule has 0 bridgehead atoms. The minimum atomic E-state index is 0. The van der Waals surface area contributed by atoms with Gasteiger partial charge in [0.25, 0.3) is 5.91 Å². The molecular formula is C18H25ClN4O2. The van der Waals surface area contributed by atoms with Crippen molar-refractivity contribution in [1.82, 2.24) is 14.6 Å². The van der Waals surface area contributed by atoms with Crippen molar-refractivity contribution in [2.45, 2.75) is 39.7 Å². The summed E-state index contributed by atoms with van der Waals surface area (Å²) in [5.41, 5.74) is 8.84. The minimum absolute atomic E-state index is 0. The third-order valence-electron chi connectivity index (χ3n) is 5.71. The third-order valence-corrected chi connectivity index (χ3v) is 5.71. The van der Waals surface area contributed by atoms with Gasteiger partial charge in [-0.1, -0.05) is 5.16 Å². The molecule has 1 aliphatic carbocycles. The van der Waals surface area contributed by atoms with E-state index in [0.717, 1.165) is 54.5 Å². The smallest absolute Gasteiger partial charge is 0.255 e. The standard InChI is InChI=1S/C18H24N4O2.ClH/c1-10-6-14(12(3)22(10)17-7-11(2)24-20-17)18(23)21-8-13-4-5-16(19)15(13)9-21;/h6-7,13,15-16H,4-5,8-9,19H2,1-3H3;1H. The third kappa shape index (κ3) is 2.87. The van der Waals surface area contributed by atoms with Crippen LogP contribution in [0.3, 0.4) is 0 Å². The van der Waals surface area contributed by atoms with Gasteiger partial charge >= 0.3 is 0 Å². The van der Waals surface area contributed by atoms with Gasteiger partial charge in [0, 0.05) is 36.6 Å². The summed E-state index contributed by atoms with van der Waals surface area (Å²) < 4.78 is 7.16. The number of nitrogens with two attached hydrogens (primary N) is 1. The highest BCUT2D eigenvalue weighted by atomic mass is 35.5. The number of aryl methyl sites for hydroxylation is 2. The first-order chi connectivity index (χ1) is 11.5. The van der Waals surface area contributed by atoms with Crippen molar-refractivity contribution in [3.8, 4) is 5.82 Å². The number of aromatic nitrogens is 2. The summed E-state index contributed by atoms with van der Waals surface area (Å²) in [6.07, 6.45) is 2.24. The van der Waals surface area contributed by atoms with Gasteiger partial charge in [0.2, 0.25) is 0 Å². The lowest BCUT2D eigenvalue weighted by Gasteiger charge is -2.19. The number of nitrogens with zero attached hydrogens (tertiary/aromatic N) is 3. The van der Waals surface area contributed by atoms with Gasteiger partial charge < -0.3 is 15.2 Å². The lowest BCUT2D eigenvalue weighted by molar-refractivity contribution is 0.0779. The van der Waals surface area contributed by atoms with Gasteiger partial charge in [-0.3, -0.25) is 9.36 Å². The van der Waals surface area contributed by atoms with Crippen LogP contribution >= 0.6 is 12.4 Å². The Morgan fingerprint density at radius 3 is 2.64 bits per heavy atom. The van der Waals surface area contributed by atoms with E-state index in [9.17, 15) is 4.79 Å². The van der Waals surface area contributed by atoms with Crippen molar-refractivity contribution < 1.29 is 9.32 Å². The Kier molecular flexibility index (Phi) is 4.68. The van der Waals surface area contributed by atoms with E-state index in [0.29, 0.717) is 11.8 Å². The van der Waals surface area contributed by atoms with Gasteiger partial charge in [-0.25, -0.2) is 0 Å². The van der Waals surface area contributed by atoms with Crippen LogP contribution in [0.5, 0.6) is 0 Å². The molecule has 25 heavy (non-hydrogen) atoms. The maximum Gasteiger partial charge on any atom is 0.255 e. The maximum absolute atomic E-state index is 13.0. The van der Waals surface area contributed by atoms with Crippen LogP contribution in [0.15, 0.2) is 16.7 Å². The molecule has 2 fully saturated rings. The molecule has 4 rings (SSSR count). The molecule has 2 aromatic heterocycles. The van der Waals surface area contributed by atoms with Crippen LogP contribution in [0, 0.1) is 32.6 Å². The number of carbonyl (C=O) groups excluding carboxylic acids is 1. The molecule has 3 atom stereocenters. The largest absolute Gasteiger partial charge is 0.360 e. The van der Waals surface area contributed by atoms with Crippen molar-refractivity contribution in [2.24, 2.45) is 17.6 Å². The molecule has 1 aliphatic heterocycles. The monoisotopic (exact) mass is 364 g/mol. The molecule has 136 valence electrons. The number of hydrogen-bond acceptors (Lipinski definition) is 4. The number of amides is 1. The summed E-state index contributed by atoms with van der Waals surface area (Å²) in [4.78, 5) is 15.0. The fourth-order valence-corrected chi connectivity index (χ4v) is 4.43. The molecule has 1 saturated carbocycles. The molecule has 0 radical (unpaired) electrons. The summed E-state index contributed by atoms with van der Waals surface area (Å²) in [5.74, 6) is 2.63. The van der Waals surface area contributed by atoms with Crippen molar-refractivity contribution in [2.75, 3.05) is 13.1 Å². The van der Waals surface area contributed by atoms with Gasteiger partial charge in [-0.15, -0.1) is 12.4 Å². The zero-order valence-corrected chi connectivity index (χ0v) is 15.7. The van der Waals surface area contributed by atoms with Gasteiger partial charge in [-0.05, 0) is 51.5 Å². The molecule has 1 amide bonds. The summed E-state index contributed by atoms with van der Waals surface area (Å²) in [5, 5.41) is 4.08. The van der Waals surface area contributed by atoms with Crippen LogP contribution in [0.1, 0.15) is 40.3 Å². The quantitative estimate of drug-likeness (QED) is 0.888. The highest BCUT2D eigenvalue weighted by Gasteiger charge is 2.43. The van der Waals surface area contributed by atoms with Crippen LogP contribution in [0.2, 0.25) is 0 Å². The van der Waals surface area contributed by atoms with Crippen LogP contribution in [-0.2, 0) is 0 Å². The van der Waals surface area contributed by atoms with E-state index in [1.165, 1.54) is 0 Å². The molecule has 2 aromatic rings. The number of fused-ring (bicyclic) bond motifs is 1. The van der Waals surface area contributed by atoms with E-state index in [4.69, 9.17) is 10.3 Å². The maximum atomic E-state index is 13.0. The van der Waals surface area contributed by atoms with Crippen LogP contribution in [0.4, 0.5) is 0 Å². The Bertz CT molecular complexity index is 797. The van der Waals surface area contributed by atoms with E-state index < -0.39 is 0 Å². The molecular weight excluding hydrogens is 340 g/mol. The molecule has 7 heteroatoms.